The van der Waals surface area contributed by atoms with Gasteiger partial charge in [-0.1, -0.05) is 18.6 Å². The largest absolute Gasteiger partial charge is 0.486 e. The quantitative estimate of drug-likeness (QED) is 0.731. The van der Waals surface area contributed by atoms with Crippen LogP contribution < -0.4 is 14.8 Å². The second kappa shape index (κ2) is 7.14. The number of hydrogen-bond acceptors (Lipinski definition) is 5. The number of carbonyl (C=O) groups is 1. The van der Waals surface area contributed by atoms with Gasteiger partial charge in [-0.3, -0.25) is 4.79 Å². The molecule has 2 N–H and O–H groups in total. The van der Waals surface area contributed by atoms with Crippen molar-refractivity contribution in [2.75, 3.05) is 13.2 Å². The number of carbonyl (C=O) groups excluding carboxylic acids is 1. The molecule has 1 amide bonds. The van der Waals surface area contributed by atoms with Gasteiger partial charge in [0.1, 0.15) is 24.7 Å². The summed E-state index contributed by atoms with van der Waals surface area (Å²) < 4.78 is 11.0. The molecule has 7 heteroatoms. The number of nitrogens with one attached hydrogen (secondary N) is 2. The smallest absolute Gasteiger partial charge is 0.270 e. The molecule has 28 heavy (non-hydrogen) atoms. The van der Waals surface area contributed by atoms with Gasteiger partial charge in [-0.05, 0) is 31.4 Å². The molecule has 0 radical (unpaired) electrons. The molecule has 0 bridgehead atoms. The van der Waals surface area contributed by atoms with Crippen LogP contribution in [0.5, 0.6) is 11.5 Å². The maximum Gasteiger partial charge on any atom is 0.270 e. The third kappa shape index (κ3) is 3.28. The first-order chi connectivity index (χ1) is 13.8. The lowest BCUT2D eigenvalue weighted by molar-refractivity contribution is 0.0918. The van der Waals surface area contributed by atoms with E-state index in [1.54, 1.807) is 12.3 Å². The highest BCUT2D eigenvalue weighted by atomic mass is 16.6. The summed E-state index contributed by atoms with van der Waals surface area (Å²) in [6.07, 6.45) is 5.53. The molecule has 1 fully saturated rings. The van der Waals surface area contributed by atoms with Crippen molar-refractivity contribution < 1.29 is 14.3 Å². The number of pyridine rings is 1. The number of para-hydroxylation sites is 2. The van der Waals surface area contributed by atoms with E-state index in [0.717, 1.165) is 42.5 Å². The number of nitrogens with zero attached hydrogens (tertiary/aromatic N) is 2. The van der Waals surface area contributed by atoms with Gasteiger partial charge in [-0.25, -0.2) is 9.97 Å². The van der Waals surface area contributed by atoms with E-state index in [4.69, 9.17) is 14.5 Å². The van der Waals surface area contributed by atoms with Crippen molar-refractivity contribution in [2.24, 2.45) is 0 Å². The number of benzene rings is 1. The third-order valence-electron chi connectivity index (χ3n) is 5.47. The standard InChI is InChI=1S/C21H22N4O3/c26-21(17-11-18-19(12-22-17)28-9-8-27-18)23-14-5-3-4-13(10-14)20-24-15-6-1-2-7-16(15)25-20/h1-2,6-7,11-14H,3-5,8-10H2,(H,23,26)(H,24,25)/t13-,14+/m0/s1. The van der Waals surface area contributed by atoms with Gasteiger partial charge in [-0.15, -0.1) is 0 Å². The molecule has 3 heterocycles. The zero-order valence-corrected chi connectivity index (χ0v) is 15.5. The number of amides is 1. The molecule has 0 unspecified atom stereocenters. The molecule has 2 aliphatic rings. The fourth-order valence-corrected chi connectivity index (χ4v) is 4.07. The molecule has 0 saturated heterocycles. The topological polar surface area (TPSA) is 89.1 Å². The van der Waals surface area contributed by atoms with E-state index in [-0.39, 0.29) is 11.9 Å². The van der Waals surface area contributed by atoms with E-state index in [0.29, 0.717) is 36.3 Å². The van der Waals surface area contributed by atoms with E-state index in [1.165, 1.54) is 0 Å². The molecular formula is C21H22N4O3. The number of rotatable bonds is 3. The van der Waals surface area contributed by atoms with Gasteiger partial charge in [0, 0.05) is 18.0 Å². The van der Waals surface area contributed by atoms with Gasteiger partial charge < -0.3 is 19.8 Å². The lowest BCUT2D eigenvalue weighted by Gasteiger charge is -2.28. The second-order valence-corrected chi connectivity index (χ2v) is 7.39. The number of ether oxygens (including phenoxy) is 2. The van der Waals surface area contributed by atoms with Gasteiger partial charge in [-0.2, -0.15) is 0 Å². The van der Waals surface area contributed by atoms with Crippen molar-refractivity contribution in [1.29, 1.82) is 0 Å². The summed E-state index contributed by atoms with van der Waals surface area (Å²) in [5.41, 5.74) is 2.41. The first-order valence-electron chi connectivity index (χ1n) is 9.77. The Kier molecular flexibility index (Phi) is 4.35. The van der Waals surface area contributed by atoms with Crippen LogP contribution in [0.4, 0.5) is 0 Å². The van der Waals surface area contributed by atoms with Gasteiger partial charge in [0.15, 0.2) is 11.5 Å². The van der Waals surface area contributed by atoms with Crippen molar-refractivity contribution in [3.63, 3.8) is 0 Å². The van der Waals surface area contributed by atoms with Gasteiger partial charge in [0.2, 0.25) is 0 Å². The van der Waals surface area contributed by atoms with Crippen LogP contribution >= 0.6 is 0 Å². The lowest BCUT2D eigenvalue weighted by atomic mass is 9.85. The van der Waals surface area contributed by atoms with Crippen LogP contribution in [0, 0.1) is 0 Å². The number of fused-ring (bicyclic) bond motifs is 2. The summed E-state index contributed by atoms with van der Waals surface area (Å²) in [6, 6.07) is 9.83. The molecule has 2 atom stereocenters. The molecule has 1 aromatic carbocycles. The Balaban J connectivity index is 1.28. The SMILES string of the molecule is O=C(N[C@@H]1CCC[C@H](c2nc3ccccc3[nH]2)C1)c1cc2c(cn1)OCCO2. The average Bonchev–Trinajstić information content (AvgIpc) is 3.18. The molecule has 7 nitrogen and oxygen atoms in total. The van der Waals surface area contributed by atoms with Crippen LogP contribution in [0.25, 0.3) is 11.0 Å². The Morgan fingerprint density at radius 2 is 2.00 bits per heavy atom. The monoisotopic (exact) mass is 378 g/mol. The number of hydrogen-bond donors (Lipinski definition) is 2. The average molecular weight is 378 g/mol. The van der Waals surface area contributed by atoms with Crippen LogP contribution in [0.3, 0.4) is 0 Å². The third-order valence-corrected chi connectivity index (χ3v) is 5.47. The summed E-state index contributed by atoms with van der Waals surface area (Å²) >= 11 is 0. The molecule has 3 aromatic rings. The van der Waals surface area contributed by atoms with Crippen molar-refractivity contribution in [3.05, 3.63) is 48.0 Å². The van der Waals surface area contributed by atoms with Gasteiger partial charge in [0.25, 0.3) is 5.91 Å². The van der Waals surface area contributed by atoms with Crippen LogP contribution in [-0.4, -0.2) is 40.1 Å². The fourth-order valence-electron chi connectivity index (χ4n) is 4.07. The van der Waals surface area contributed by atoms with Gasteiger partial charge in [0.05, 0.1) is 17.2 Å². The predicted molar refractivity (Wildman–Crippen MR) is 104 cm³/mol. The van der Waals surface area contributed by atoms with Crippen LogP contribution in [0.2, 0.25) is 0 Å². The summed E-state index contributed by atoms with van der Waals surface area (Å²) in [4.78, 5) is 25.1. The number of aromatic amines is 1. The zero-order chi connectivity index (χ0) is 18.9. The molecule has 1 aliphatic heterocycles. The molecule has 144 valence electrons. The predicted octanol–water partition coefficient (Wildman–Crippen LogP) is 3.19. The van der Waals surface area contributed by atoms with Crippen LogP contribution in [0.1, 0.15) is 47.9 Å². The molecule has 5 rings (SSSR count). The van der Waals surface area contributed by atoms with E-state index in [1.807, 2.05) is 24.3 Å². The highest BCUT2D eigenvalue weighted by Crippen LogP contribution is 2.33. The van der Waals surface area contributed by atoms with Crippen molar-refractivity contribution in [3.8, 4) is 11.5 Å². The molecular weight excluding hydrogens is 356 g/mol. The zero-order valence-electron chi connectivity index (χ0n) is 15.5. The van der Waals surface area contributed by atoms with Gasteiger partial charge >= 0.3 is 0 Å². The van der Waals surface area contributed by atoms with E-state index in [9.17, 15) is 4.79 Å². The van der Waals surface area contributed by atoms with Crippen LogP contribution in [-0.2, 0) is 0 Å². The number of aromatic nitrogens is 3. The first-order valence-corrected chi connectivity index (χ1v) is 9.77. The number of H-pyrrole nitrogens is 1. The second-order valence-electron chi connectivity index (χ2n) is 7.39. The maximum atomic E-state index is 12.7. The molecule has 1 saturated carbocycles. The number of imidazole rings is 1. The Morgan fingerprint density at radius 3 is 2.89 bits per heavy atom. The van der Waals surface area contributed by atoms with Crippen molar-refractivity contribution in [2.45, 2.75) is 37.6 Å². The van der Waals surface area contributed by atoms with E-state index in [2.05, 4.69) is 15.3 Å². The van der Waals surface area contributed by atoms with Crippen molar-refractivity contribution in [1.82, 2.24) is 20.3 Å². The summed E-state index contributed by atoms with van der Waals surface area (Å²) in [6.45, 7) is 0.991. The normalized spacial score (nSPS) is 21.4. The molecule has 1 aliphatic carbocycles. The first kappa shape index (κ1) is 17.0. The highest BCUT2D eigenvalue weighted by molar-refractivity contribution is 5.93. The fraction of sp³-hybridized carbons (Fsp3) is 0.381. The van der Waals surface area contributed by atoms with Crippen molar-refractivity contribution >= 4 is 16.9 Å². The van der Waals surface area contributed by atoms with E-state index < -0.39 is 0 Å². The lowest BCUT2D eigenvalue weighted by Crippen LogP contribution is -2.38. The minimum Gasteiger partial charge on any atom is -0.486 e. The maximum absolute atomic E-state index is 12.7. The minimum absolute atomic E-state index is 0.106. The highest BCUT2D eigenvalue weighted by Gasteiger charge is 2.27. The van der Waals surface area contributed by atoms with Crippen LogP contribution in [0.15, 0.2) is 36.5 Å². The Morgan fingerprint density at radius 1 is 1.14 bits per heavy atom. The molecule has 0 spiro atoms. The summed E-state index contributed by atoms with van der Waals surface area (Å²) in [5.74, 6) is 2.32. The Hall–Kier alpha value is -3.09. The van der Waals surface area contributed by atoms with E-state index >= 15 is 0 Å². The minimum atomic E-state index is -0.174. The summed E-state index contributed by atoms with van der Waals surface area (Å²) in [5, 5.41) is 3.14. The Labute approximate surface area is 162 Å². The molecule has 2 aromatic heterocycles. The summed E-state index contributed by atoms with van der Waals surface area (Å²) in [7, 11) is 0. The Bertz CT molecular complexity index is 983.